The number of aryl methyl sites for hydroxylation is 3. The van der Waals surface area contributed by atoms with Gasteiger partial charge in [0.15, 0.2) is 0 Å². The molecule has 4 heteroatoms. The molecule has 0 fully saturated rings. The molecule has 1 aliphatic rings. The molecule has 1 N–H and O–H groups in total. The second kappa shape index (κ2) is 7.01. The van der Waals surface area contributed by atoms with E-state index in [9.17, 15) is 9.59 Å². The summed E-state index contributed by atoms with van der Waals surface area (Å²) in [5, 5.41) is 4.70. The lowest BCUT2D eigenvalue weighted by Gasteiger charge is -2.14. The van der Waals surface area contributed by atoms with Crippen molar-refractivity contribution in [1.82, 2.24) is 5.32 Å². The van der Waals surface area contributed by atoms with Crippen molar-refractivity contribution in [3.05, 3.63) is 69.2 Å². The van der Waals surface area contributed by atoms with Gasteiger partial charge >= 0.3 is 0 Å². The van der Waals surface area contributed by atoms with Gasteiger partial charge in [0.05, 0.1) is 11.3 Å². The second-order valence-corrected chi connectivity index (χ2v) is 6.60. The Morgan fingerprint density at radius 1 is 1.04 bits per heavy atom. The van der Waals surface area contributed by atoms with Crippen LogP contribution in [0.4, 0.5) is 0 Å². The molecule has 0 bridgehead atoms. The Kier molecular flexibility index (Phi) is 4.79. The summed E-state index contributed by atoms with van der Waals surface area (Å²) in [7, 11) is 0. The number of rotatable bonds is 4. The molecule has 4 nitrogen and oxygen atoms in total. The van der Waals surface area contributed by atoms with Crippen LogP contribution >= 0.6 is 0 Å². The summed E-state index contributed by atoms with van der Waals surface area (Å²) in [5.74, 6) is -0.537. The van der Waals surface area contributed by atoms with Gasteiger partial charge in [-0.05, 0) is 50.5 Å². The van der Waals surface area contributed by atoms with Crippen LogP contribution < -0.4 is 15.9 Å². The lowest BCUT2D eigenvalue weighted by molar-refractivity contribution is -0.120. The van der Waals surface area contributed by atoms with Gasteiger partial charge in [-0.3, -0.25) is 9.59 Å². The molecule has 0 radical (unpaired) electrons. The van der Waals surface area contributed by atoms with E-state index in [0.29, 0.717) is 18.5 Å². The maximum absolute atomic E-state index is 12.3. The summed E-state index contributed by atoms with van der Waals surface area (Å²) in [6, 6.07) is 11.5. The maximum Gasteiger partial charge on any atom is 0.253 e. The molecule has 0 aromatic heterocycles. The van der Waals surface area contributed by atoms with E-state index in [1.807, 2.05) is 51.1 Å². The molecule has 25 heavy (non-hydrogen) atoms. The standard InChI is InChI=1S/C21H22N2O2/c1-13-4-8-16(9-5-13)20(24)22-11-10-17-12-18-14(2)6-7-15(3)19(18)23-21(17)25/h4-9,12,17H,10-11H2,1-3H3,(H,22,24). The summed E-state index contributed by atoms with van der Waals surface area (Å²) < 4.78 is 0. The smallest absolute Gasteiger partial charge is 0.253 e. The SMILES string of the molecule is Cc1ccc(C(=O)NCCC2C=c3c(C)ccc(C)c3=NC2=O)cc1. The van der Waals surface area contributed by atoms with Crippen LogP contribution in [0.1, 0.15) is 33.5 Å². The summed E-state index contributed by atoms with van der Waals surface area (Å²) in [4.78, 5) is 28.7. The van der Waals surface area contributed by atoms with Gasteiger partial charge in [-0.1, -0.05) is 35.9 Å². The fourth-order valence-electron chi connectivity index (χ4n) is 3.00. The molecule has 0 aliphatic carbocycles. The minimum atomic E-state index is -0.286. The Morgan fingerprint density at radius 3 is 2.44 bits per heavy atom. The third-order valence-corrected chi connectivity index (χ3v) is 4.60. The third-order valence-electron chi connectivity index (χ3n) is 4.60. The minimum Gasteiger partial charge on any atom is -0.352 e. The van der Waals surface area contributed by atoms with Gasteiger partial charge < -0.3 is 5.32 Å². The van der Waals surface area contributed by atoms with Crippen LogP contribution in [0.25, 0.3) is 6.08 Å². The van der Waals surface area contributed by atoms with Crippen molar-refractivity contribution >= 4 is 17.9 Å². The van der Waals surface area contributed by atoms with Crippen LogP contribution in [0, 0.1) is 26.7 Å². The van der Waals surface area contributed by atoms with E-state index in [0.717, 1.165) is 27.3 Å². The molecule has 1 aliphatic heterocycles. The van der Waals surface area contributed by atoms with E-state index in [4.69, 9.17) is 0 Å². The molecular weight excluding hydrogens is 312 g/mol. The summed E-state index contributed by atoms with van der Waals surface area (Å²) in [6.07, 6.45) is 2.54. The molecule has 0 spiro atoms. The quantitative estimate of drug-likeness (QED) is 0.929. The molecular formula is C21H22N2O2. The molecule has 0 saturated heterocycles. The first-order valence-corrected chi connectivity index (χ1v) is 8.51. The zero-order valence-electron chi connectivity index (χ0n) is 14.8. The first-order chi connectivity index (χ1) is 12.0. The molecule has 128 valence electrons. The van der Waals surface area contributed by atoms with Crippen LogP contribution in [0.3, 0.4) is 0 Å². The van der Waals surface area contributed by atoms with E-state index in [1.54, 1.807) is 12.1 Å². The first kappa shape index (κ1) is 17.1. The second-order valence-electron chi connectivity index (χ2n) is 6.60. The molecule has 1 unspecified atom stereocenters. The normalized spacial score (nSPS) is 15.8. The van der Waals surface area contributed by atoms with Crippen molar-refractivity contribution in [1.29, 1.82) is 0 Å². The summed E-state index contributed by atoms with van der Waals surface area (Å²) in [6.45, 7) is 6.41. The van der Waals surface area contributed by atoms with Crippen molar-refractivity contribution in [2.75, 3.05) is 6.54 Å². The van der Waals surface area contributed by atoms with E-state index in [-0.39, 0.29) is 17.7 Å². The number of nitrogens with zero attached hydrogens (tertiary/aromatic N) is 1. The largest absolute Gasteiger partial charge is 0.352 e. The van der Waals surface area contributed by atoms with Gasteiger partial charge in [0.1, 0.15) is 0 Å². The minimum absolute atomic E-state index is 0.118. The van der Waals surface area contributed by atoms with Gasteiger partial charge in [-0.25, -0.2) is 4.99 Å². The number of carbonyl (C=O) groups is 2. The molecule has 0 saturated carbocycles. The Labute approximate surface area is 147 Å². The van der Waals surface area contributed by atoms with Crippen molar-refractivity contribution < 1.29 is 9.59 Å². The highest BCUT2D eigenvalue weighted by Gasteiger charge is 2.19. The zero-order valence-corrected chi connectivity index (χ0v) is 14.8. The van der Waals surface area contributed by atoms with Crippen LogP contribution in [0.5, 0.6) is 0 Å². The van der Waals surface area contributed by atoms with E-state index in [1.165, 1.54) is 0 Å². The number of hydrogen-bond acceptors (Lipinski definition) is 2. The lowest BCUT2D eigenvalue weighted by atomic mass is 9.97. The van der Waals surface area contributed by atoms with Gasteiger partial charge in [0.25, 0.3) is 11.8 Å². The first-order valence-electron chi connectivity index (χ1n) is 8.51. The van der Waals surface area contributed by atoms with Crippen LogP contribution in [0.2, 0.25) is 0 Å². The fraction of sp³-hybridized carbons (Fsp3) is 0.286. The van der Waals surface area contributed by atoms with E-state index in [2.05, 4.69) is 10.3 Å². The van der Waals surface area contributed by atoms with Crippen LogP contribution in [0.15, 0.2) is 41.4 Å². The van der Waals surface area contributed by atoms with Crippen molar-refractivity contribution in [3.63, 3.8) is 0 Å². The highest BCUT2D eigenvalue weighted by atomic mass is 16.2. The Morgan fingerprint density at radius 2 is 1.72 bits per heavy atom. The third kappa shape index (κ3) is 3.68. The van der Waals surface area contributed by atoms with Gasteiger partial charge in [-0.15, -0.1) is 0 Å². The maximum atomic E-state index is 12.3. The number of fused-ring (bicyclic) bond motifs is 1. The fourth-order valence-corrected chi connectivity index (χ4v) is 3.00. The Balaban J connectivity index is 1.68. The average molecular weight is 334 g/mol. The molecule has 2 aromatic carbocycles. The van der Waals surface area contributed by atoms with Crippen LogP contribution in [-0.2, 0) is 4.79 Å². The van der Waals surface area contributed by atoms with Crippen LogP contribution in [-0.4, -0.2) is 18.4 Å². The zero-order chi connectivity index (χ0) is 18.0. The number of benzene rings is 2. The molecule has 1 atom stereocenters. The van der Waals surface area contributed by atoms with Gasteiger partial charge in [0, 0.05) is 17.3 Å². The van der Waals surface area contributed by atoms with Gasteiger partial charge in [0.2, 0.25) is 0 Å². The predicted molar refractivity (Wildman–Crippen MR) is 97.8 cm³/mol. The summed E-state index contributed by atoms with van der Waals surface area (Å²) in [5.41, 5.74) is 3.87. The lowest BCUT2D eigenvalue weighted by Crippen LogP contribution is -2.38. The number of nitrogens with one attached hydrogen (secondary N) is 1. The average Bonchev–Trinajstić information content (AvgIpc) is 2.60. The molecule has 1 heterocycles. The van der Waals surface area contributed by atoms with Crippen molar-refractivity contribution in [3.8, 4) is 0 Å². The van der Waals surface area contributed by atoms with Crippen molar-refractivity contribution in [2.45, 2.75) is 27.2 Å². The molecule has 2 aromatic rings. The molecule has 3 rings (SSSR count). The number of carbonyl (C=O) groups excluding carboxylic acids is 2. The number of hydrogen-bond donors (Lipinski definition) is 1. The monoisotopic (exact) mass is 334 g/mol. The predicted octanol–water partition coefficient (Wildman–Crippen LogP) is 1.99. The summed E-state index contributed by atoms with van der Waals surface area (Å²) >= 11 is 0. The highest BCUT2D eigenvalue weighted by Crippen LogP contribution is 2.10. The Bertz CT molecular complexity index is 943. The van der Waals surface area contributed by atoms with Gasteiger partial charge in [-0.2, -0.15) is 0 Å². The number of amides is 2. The Hall–Kier alpha value is -2.75. The van der Waals surface area contributed by atoms with E-state index < -0.39 is 0 Å². The van der Waals surface area contributed by atoms with E-state index >= 15 is 0 Å². The van der Waals surface area contributed by atoms with Crippen molar-refractivity contribution in [2.24, 2.45) is 10.9 Å². The topological polar surface area (TPSA) is 58.5 Å². The highest BCUT2D eigenvalue weighted by molar-refractivity contribution is 5.94. The molecule has 2 amide bonds.